The standard InChI is InChI=1S/C25H30N4O2/c1-3-21-10-12-22(13-11-21)25(31)28-18-16-27(17-19-28)20(2)24(30)29(15-7-14-26)23-8-5-4-6-9-23/h4-6,8-13,20H,3,7,15-19H2,1-2H3. The summed E-state index contributed by atoms with van der Waals surface area (Å²) >= 11 is 0. The van der Waals surface area contributed by atoms with Gasteiger partial charge < -0.3 is 9.80 Å². The van der Waals surface area contributed by atoms with Crippen LogP contribution in [0.15, 0.2) is 54.6 Å². The lowest BCUT2D eigenvalue weighted by Gasteiger charge is -2.39. The van der Waals surface area contributed by atoms with Gasteiger partial charge in [0.2, 0.25) is 5.91 Å². The van der Waals surface area contributed by atoms with Crippen LogP contribution in [0, 0.1) is 11.3 Å². The van der Waals surface area contributed by atoms with Gasteiger partial charge in [-0.3, -0.25) is 14.5 Å². The Morgan fingerprint density at radius 2 is 1.68 bits per heavy atom. The van der Waals surface area contributed by atoms with Crippen LogP contribution in [0.1, 0.15) is 36.2 Å². The van der Waals surface area contributed by atoms with Gasteiger partial charge in [0.1, 0.15) is 0 Å². The average Bonchev–Trinajstić information content (AvgIpc) is 2.84. The minimum Gasteiger partial charge on any atom is -0.336 e. The molecule has 3 rings (SSSR count). The molecule has 1 heterocycles. The van der Waals surface area contributed by atoms with E-state index in [1.54, 1.807) is 4.90 Å². The summed E-state index contributed by atoms with van der Waals surface area (Å²) in [5.41, 5.74) is 2.73. The highest BCUT2D eigenvalue weighted by Gasteiger charge is 2.30. The van der Waals surface area contributed by atoms with Crippen LogP contribution in [0.25, 0.3) is 0 Å². The van der Waals surface area contributed by atoms with Gasteiger partial charge in [-0.15, -0.1) is 0 Å². The van der Waals surface area contributed by atoms with Gasteiger partial charge in [-0.05, 0) is 43.2 Å². The number of rotatable bonds is 7. The summed E-state index contributed by atoms with van der Waals surface area (Å²) in [5, 5.41) is 9.00. The summed E-state index contributed by atoms with van der Waals surface area (Å²) in [6.07, 6.45) is 1.24. The number of carbonyl (C=O) groups is 2. The molecule has 0 aromatic heterocycles. The molecule has 0 bridgehead atoms. The maximum Gasteiger partial charge on any atom is 0.253 e. The molecule has 0 N–H and O–H groups in total. The van der Waals surface area contributed by atoms with E-state index in [-0.39, 0.29) is 24.3 Å². The third kappa shape index (κ3) is 5.50. The van der Waals surface area contributed by atoms with Gasteiger partial charge in [-0.2, -0.15) is 5.26 Å². The van der Waals surface area contributed by atoms with Crippen LogP contribution in [0.5, 0.6) is 0 Å². The zero-order valence-electron chi connectivity index (χ0n) is 18.3. The van der Waals surface area contributed by atoms with Gasteiger partial charge in [0, 0.05) is 44.0 Å². The van der Waals surface area contributed by atoms with E-state index >= 15 is 0 Å². The van der Waals surface area contributed by atoms with Crippen LogP contribution in [0.2, 0.25) is 0 Å². The second kappa shape index (κ2) is 10.7. The molecule has 2 aromatic carbocycles. The number of piperazine rings is 1. The first-order chi connectivity index (χ1) is 15.0. The van der Waals surface area contributed by atoms with Crippen molar-refractivity contribution in [3.8, 4) is 6.07 Å². The van der Waals surface area contributed by atoms with Gasteiger partial charge in [0.05, 0.1) is 18.5 Å². The lowest BCUT2D eigenvalue weighted by Crippen LogP contribution is -2.55. The molecule has 1 aliphatic rings. The molecule has 1 atom stereocenters. The summed E-state index contributed by atoms with van der Waals surface area (Å²) in [6, 6.07) is 19.1. The van der Waals surface area contributed by atoms with Gasteiger partial charge in [0.15, 0.2) is 0 Å². The Labute approximate surface area is 184 Å². The molecule has 2 aromatic rings. The zero-order chi connectivity index (χ0) is 22.2. The van der Waals surface area contributed by atoms with E-state index in [0.29, 0.717) is 38.3 Å². The third-order valence-corrected chi connectivity index (χ3v) is 5.90. The second-order valence-electron chi connectivity index (χ2n) is 7.79. The number of carbonyl (C=O) groups excluding carboxylic acids is 2. The third-order valence-electron chi connectivity index (χ3n) is 5.90. The minimum atomic E-state index is -0.319. The molecular weight excluding hydrogens is 388 g/mol. The van der Waals surface area contributed by atoms with Gasteiger partial charge >= 0.3 is 0 Å². The molecule has 6 nitrogen and oxygen atoms in total. The van der Waals surface area contributed by atoms with Gasteiger partial charge in [-0.25, -0.2) is 0 Å². The first-order valence-corrected chi connectivity index (χ1v) is 10.9. The van der Waals surface area contributed by atoms with Crippen molar-refractivity contribution in [1.29, 1.82) is 5.26 Å². The molecule has 1 unspecified atom stereocenters. The van der Waals surface area contributed by atoms with Crippen molar-refractivity contribution in [2.45, 2.75) is 32.7 Å². The highest BCUT2D eigenvalue weighted by molar-refractivity contribution is 5.97. The second-order valence-corrected chi connectivity index (χ2v) is 7.79. The molecule has 2 amide bonds. The number of nitriles is 1. The molecule has 0 saturated carbocycles. The van der Waals surface area contributed by atoms with E-state index in [1.165, 1.54) is 5.56 Å². The molecule has 1 fully saturated rings. The Morgan fingerprint density at radius 3 is 2.26 bits per heavy atom. The topological polar surface area (TPSA) is 67.7 Å². The lowest BCUT2D eigenvalue weighted by molar-refractivity contribution is -0.123. The first kappa shape index (κ1) is 22.5. The van der Waals surface area contributed by atoms with E-state index < -0.39 is 0 Å². The fourth-order valence-corrected chi connectivity index (χ4v) is 3.90. The first-order valence-electron chi connectivity index (χ1n) is 10.9. The van der Waals surface area contributed by atoms with Crippen molar-refractivity contribution in [1.82, 2.24) is 9.80 Å². The summed E-state index contributed by atoms with van der Waals surface area (Å²) < 4.78 is 0. The van der Waals surface area contributed by atoms with Crippen molar-refractivity contribution in [3.05, 3.63) is 65.7 Å². The Balaban J connectivity index is 1.61. The maximum atomic E-state index is 13.2. The monoisotopic (exact) mass is 418 g/mol. The summed E-state index contributed by atoms with van der Waals surface area (Å²) in [5.74, 6) is 0.0256. The van der Waals surface area contributed by atoms with E-state index in [1.807, 2.05) is 66.4 Å². The van der Waals surface area contributed by atoms with Gasteiger partial charge in [0.25, 0.3) is 5.91 Å². The molecule has 1 saturated heterocycles. The van der Waals surface area contributed by atoms with Crippen LogP contribution < -0.4 is 4.90 Å². The number of anilines is 1. The normalized spacial score (nSPS) is 15.2. The van der Waals surface area contributed by atoms with Crippen LogP contribution in [0.4, 0.5) is 5.69 Å². The van der Waals surface area contributed by atoms with Crippen molar-refractivity contribution in [3.63, 3.8) is 0 Å². The fourth-order valence-electron chi connectivity index (χ4n) is 3.90. The van der Waals surface area contributed by atoms with E-state index in [4.69, 9.17) is 5.26 Å². The highest BCUT2D eigenvalue weighted by Crippen LogP contribution is 2.18. The Bertz CT molecular complexity index is 913. The fraction of sp³-hybridized carbons (Fsp3) is 0.400. The van der Waals surface area contributed by atoms with Crippen molar-refractivity contribution >= 4 is 17.5 Å². The quantitative estimate of drug-likeness (QED) is 0.692. The predicted octanol–water partition coefficient (Wildman–Crippen LogP) is 3.34. The number of benzene rings is 2. The smallest absolute Gasteiger partial charge is 0.253 e. The highest BCUT2D eigenvalue weighted by atomic mass is 16.2. The van der Waals surface area contributed by atoms with Crippen LogP contribution in [-0.2, 0) is 11.2 Å². The molecule has 162 valence electrons. The molecule has 1 aliphatic heterocycles. The SMILES string of the molecule is CCc1ccc(C(=O)N2CCN(C(C)C(=O)N(CCC#N)c3ccccc3)CC2)cc1. The predicted molar refractivity (Wildman–Crippen MR) is 122 cm³/mol. The Hall–Kier alpha value is -3.17. The largest absolute Gasteiger partial charge is 0.336 e. The molecular formula is C25H30N4O2. The lowest BCUT2D eigenvalue weighted by atomic mass is 10.1. The van der Waals surface area contributed by atoms with Crippen LogP contribution >= 0.6 is 0 Å². The number of para-hydroxylation sites is 1. The summed E-state index contributed by atoms with van der Waals surface area (Å²) in [4.78, 5) is 31.7. The van der Waals surface area contributed by atoms with Crippen molar-refractivity contribution in [2.24, 2.45) is 0 Å². The van der Waals surface area contributed by atoms with Crippen LogP contribution in [-0.4, -0.2) is 60.4 Å². The summed E-state index contributed by atoms with van der Waals surface area (Å²) in [7, 11) is 0. The van der Waals surface area contributed by atoms with E-state index in [2.05, 4.69) is 17.9 Å². The Morgan fingerprint density at radius 1 is 1.03 bits per heavy atom. The van der Waals surface area contributed by atoms with Crippen molar-refractivity contribution < 1.29 is 9.59 Å². The van der Waals surface area contributed by atoms with E-state index in [0.717, 1.165) is 12.1 Å². The molecule has 31 heavy (non-hydrogen) atoms. The summed E-state index contributed by atoms with van der Waals surface area (Å²) in [6.45, 7) is 6.85. The van der Waals surface area contributed by atoms with Crippen molar-refractivity contribution in [2.75, 3.05) is 37.6 Å². The molecule has 0 spiro atoms. The molecule has 6 heteroatoms. The maximum absolute atomic E-state index is 13.2. The number of hydrogen-bond acceptors (Lipinski definition) is 4. The number of aryl methyl sites for hydroxylation is 1. The Kier molecular flexibility index (Phi) is 7.80. The number of nitrogens with zero attached hydrogens (tertiary/aromatic N) is 4. The molecule has 0 aliphatic carbocycles. The minimum absolute atomic E-state index is 0.0172. The van der Waals surface area contributed by atoms with Crippen LogP contribution in [0.3, 0.4) is 0 Å². The number of amides is 2. The van der Waals surface area contributed by atoms with Gasteiger partial charge in [-0.1, -0.05) is 37.3 Å². The average molecular weight is 419 g/mol. The number of hydrogen-bond donors (Lipinski definition) is 0. The van der Waals surface area contributed by atoms with E-state index in [9.17, 15) is 9.59 Å². The zero-order valence-corrected chi connectivity index (χ0v) is 18.3. The molecule has 0 radical (unpaired) electrons.